The van der Waals surface area contributed by atoms with Crippen LogP contribution >= 0.6 is 11.8 Å². The lowest BCUT2D eigenvalue weighted by molar-refractivity contribution is -0.121. The molecule has 0 saturated heterocycles. The molecule has 1 heterocycles. The van der Waals surface area contributed by atoms with E-state index in [9.17, 15) is 4.79 Å². The van der Waals surface area contributed by atoms with Crippen LogP contribution in [0.4, 0.5) is 0 Å². The molecule has 0 aliphatic carbocycles. The summed E-state index contributed by atoms with van der Waals surface area (Å²) in [5.74, 6) is 6.57. The number of aromatic nitrogens is 3. The summed E-state index contributed by atoms with van der Waals surface area (Å²) in [6.45, 7) is 1.86. The number of H-pyrrole nitrogens is 1. The van der Waals surface area contributed by atoms with Gasteiger partial charge in [-0.2, -0.15) is 0 Å². The first-order chi connectivity index (χ1) is 7.22. The van der Waals surface area contributed by atoms with Crippen LogP contribution in [0.25, 0.3) is 0 Å². The van der Waals surface area contributed by atoms with E-state index in [2.05, 4.69) is 20.6 Å². The molecule has 0 radical (unpaired) electrons. The van der Waals surface area contributed by atoms with Crippen molar-refractivity contribution in [3.63, 3.8) is 0 Å². The maximum Gasteiger partial charge on any atom is 0.233 e. The van der Waals surface area contributed by atoms with Gasteiger partial charge in [0.15, 0.2) is 0 Å². The Kier molecular flexibility index (Phi) is 5.13. The van der Waals surface area contributed by atoms with Crippen molar-refractivity contribution in [1.29, 1.82) is 0 Å². The summed E-state index contributed by atoms with van der Waals surface area (Å²) in [7, 11) is 0. The molecule has 4 N–H and O–H groups in total. The van der Waals surface area contributed by atoms with E-state index >= 15 is 0 Å². The number of carbonyl (C=O) groups excluding carboxylic acids is 1. The smallest absolute Gasteiger partial charge is 0.233 e. The van der Waals surface area contributed by atoms with Gasteiger partial charge in [-0.25, -0.2) is 10.8 Å². The second-order valence-electron chi connectivity index (χ2n) is 3.08. The molecule has 1 amide bonds. The number of hydrogen-bond acceptors (Lipinski definition) is 5. The van der Waals surface area contributed by atoms with E-state index in [0.717, 1.165) is 29.6 Å². The molecule has 0 unspecified atom stereocenters. The average Bonchev–Trinajstić information content (AvgIpc) is 2.63. The fraction of sp³-hybridized carbons (Fsp3) is 0.625. The second-order valence-corrected chi connectivity index (χ2v) is 4.14. The molecular formula is C8H15N5OS. The van der Waals surface area contributed by atoms with E-state index in [-0.39, 0.29) is 5.91 Å². The predicted octanol–water partition coefficient (Wildman–Crippen LogP) is 0.365. The zero-order valence-corrected chi connectivity index (χ0v) is 9.43. The molecule has 0 saturated carbocycles. The Morgan fingerprint density at radius 3 is 3.00 bits per heavy atom. The van der Waals surface area contributed by atoms with E-state index in [1.165, 1.54) is 0 Å². The zero-order valence-electron chi connectivity index (χ0n) is 8.62. The van der Waals surface area contributed by atoms with E-state index < -0.39 is 0 Å². The van der Waals surface area contributed by atoms with Crippen molar-refractivity contribution < 1.29 is 4.79 Å². The highest BCUT2D eigenvalue weighted by Gasteiger charge is 2.01. The van der Waals surface area contributed by atoms with Crippen LogP contribution < -0.4 is 11.3 Å². The Morgan fingerprint density at radius 2 is 2.40 bits per heavy atom. The van der Waals surface area contributed by atoms with Crippen LogP contribution in [0.5, 0.6) is 0 Å². The number of aryl methyl sites for hydroxylation is 1. The standard InChI is InChI=1S/C8H15N5OS/c1-6-10-8(13-12-6)15-5-3-2-4-7(14)11-9/h2-5,9H2,1H3,(H,11,14)(H,10,12,13). The van der Waals surface area contributed by atoms with E-state index in [4.69, 9.17) is 5.84 Å². The molecule has 0 atom stereocenters. The molecule has 15 heavy (non-hydrogen) atoms. The first-order valence-electron chi connectivity index (χ1n) is 4.73. The lowest BCUT2D eigenvalue weighted by atomic mass is 10.2. The number of carbonyl (C=O) groups is 1. The SMILES string of the molecule is Cc1nc(SCCCCC(=O)NN)n[nH]1. The van der Waals surface area contributed by atoms with Crippen molar-refractivity contribution in [1.82, 2.24) is 20.6 Å². The number of thioether (sulfide) groups is 1. The van der Waals surface area contributed by atoms with Gasteiger partial charge in [-0.3, -0.25) is 15.3 Å². The van der Waals surface area contributed by atoms with Gasteiger partial charge in [0.05, 0.1) is 0 Å². The lowest BCUT2D eigenvalue weighted by Crippen LogP contribution is -2.29. The van der Waals surface area contributed by atoms with Gasteiger partial charge in [-0.15, -0.1) is 5.10 Å². The average molecular weight is 229 g/mol. The normalized spacial score (nSPS) is 10.3. The molecule has 0 fully saturated rings. The number of nitrogens with zero attached hydrogens (tertiary/aromatic N) is 2. The molecule has 0 aromatic carbocycles. The predicted molar refractivity (Wildman–Crippen MR) is 58.0 cm³/mol. The molecule has 1 aromatic heterocycles. The minimum absolute atomic E-state index is 0.117. The third-order valence-corrected chi connectivity index (χ3v) is 2.70. The Morgan fingerprint density at radius 1 is 1.60 bits per heavy atom. The minimum Gasteiger partial charge on any atom is -0.294 e. The van der Waals surface area contributed by atoms with Crippen molar-refractivity contribution in [2.24, 2.45) is 5.84 Å². The first-order valence-corrected chi connectivity index (χ1v) is 5.72. The molecule has 0 aliphatic heterocycles. The summed E-state index contributed by atoms with van der Waals surface area (Å²) in [6, 6.07) is 0. The number of hydrazine groups is 1. The fourth-order valence-corrected chi connectivity index (χ4v) is 1.85. The molecule has 84 valence electrons. The van der Waals surface area contributed by atoms with Crippen molar-refractivity contribution >= 4 is 17.7 Å². The molecule has 0 spiro atoms. The Labute approximate surface area is 92.4 Å². The summed E-state index contributed by atoms with van der Waals surface area (Å²) in [5.41, 5.74) is 2.10. The van der Waals surface area contributed by atoms with Gasteiger partial charge in [0.1, 0.15) is 5.82 Å². The first kappa shape index (κ1) is 12.0. The molecule has 7 heteroatoms. The molecule has 6 nitrogen and oxygen atoms in total. The molecular weight excluding hydrogens is 214 g/mol. The van der Waals surface area contributed by atoms with Gasteiger partial charge in [0.2, 0.25) is 11.1 Å². The van der Waals surface area contributed by atoms with Crippen LogP contribution in [-0.2, 0) is 4.79 Å². The molecule has 1 rings (SSSR count). The van der Waals surface area contributed by atoms with E-state index in [0.29, 0.717) is 6.42 Å². The highest BCUT2D eigenvalue weighted by atomic mass is 32.2. The number of aromatic amines is 1. The van der Waals surface area contributed by atoms with Crippen LogP contribution in [0.2, 0.25) is 0 Å². The van der Waals surface area contributed by atoms with E-state index in [1.54, 1.807) is 11.8 Å². The third-order valence-electron chi connectivity index (χ3n) is 1.77. The largest absolute Gasteiger partial charge is 0.294 e. The summed E-state index contributed by atoms with van der Waals surface area (Å²) in [6.07, 6.45) is 2.26. The quantitative estimate of drug-likeness (QED) is 0.215. The second kappa shape index (κ2) is 6.41. The van der Waals surface area contributed by atoms with Crippen LogP contribution in [0.15, 0.2) is 5.16 Å². The number of rotatable bonds is 6. The number of hydrogen-bond donors (Lipinski definition) is 3. The maximum absolute atomic E-state index is 10.8. The number of unbranched alkanes of at least 4 members (excludes halogenated alkanes) is 1. The van der Waals surface area contributed by atoms with Crippen molar-refractivity contribution in [3.8, 4) is 0 Å². The minimum atomic E-state index is -0.117. The number of nitrogens with one attached hydrogen (secondary N) is 2. The summed E-state index contributed by atoms with van der Waals surface area (Å²) in [5, 5.41) is 7.53. The lowest BCUT2D eigenvalue weighted by Gasteiger charge is -1.98. The van der Waals surface area contributed by atoms with Gasteiger partial charge < -0.3 is 0 Å². The van der Waals surface area contributed by atoms with Gasteiger partial charge in [-0.05, 0) is 19.8 Å². The van der Waals surface area contributed by atoms with Crippen LogP contribution in [0.3, 0.4) is 0 Å². The van der Waals surface area contributed by atoms with Gasteiger partial charge in [-0.1, -0.05) is 11.8 Å². The van der Waals surface area contributed by atoms with Gasteiger partial charge in [0, 0.05) is 12.2 Å². The number of nitrogens with two attached hydrogens (primary N) is 1. The zero-order chi connectivity index (χ0) is 11.1. The molecule has 0 bridgehead atoms. The molecule has 1 aromatic rings. The Balaban J connectivity index is 2.05. The highest BCUT2D eigenvalue weighted by molar-refractivity contribution is 7.99. The van der Waals surface area contributed by atoms with Gasteiger partial charge >= 0.3 is 0 Å². The third kappa shape index (κ3) is 4.80. The highest BCUT2D eigenvalue weighted by Crippen LogP contribution is 2.14. The van der Waals surface area contributed by atoms with Crippen LogP contribution in [0.1, 0.15) is 25.1 Å². The Bertz CT molecular complexity index is 314. The topological polar surface area (TPSA) is 96.7 Å². The monoisotopic (exact) mass is 229 g/mol. The van der Waals surface area contributed by atoms with Crippen LogP contribution in [0, 0.1) is 6.92 Å². The van der Waals surface area contributed by atoms with Crippen molar-refractivity contribution in [2.75, 3.05) is 5.75 Å². The van der Waals surface area contributed by atoms with Gasteiger partial charge in [0.25, 0.3) is 0 Å². The number of amides is 1. The Hall–Kier alpha value is -1.08. The van der Waals surface area contributed by atoms with Crippen LogP contribution in [-0.4, -0.2) is 26.8 Å². The summed E-state index contributed by atoms with van der Waals surface area (Å²) < 4.78 is 0. The van der Waals surface area contributed by atoms with Crippen molar-refractivity contribution in [2.45, 2.75) is 31.3 Å². The summed E-state index contributed by atoms with van der Waals surface area (Å²) >= 11 is 1.58. The fourth-order valence-electron chi connectivity index (χ4n) is 1.01. The van der Waals surface area contributed by atoms with E-state index in [1.807, 2.05) is 6.92 Å². The molecule has 0 aliphatic rings. The van der Waals surface area contributed by atoms with Crippen molar-refractivity contribution in [3.05, 3.63) is 5.82 Å². The maximum atomic E-state index is 10.8. The summed E-state index contributed by atoms with van der Waals surface area (Å²) in [4.78, 5) is 14.9.